The molecule has 0 fully saturated rings. The van der Waals surface area contributed by atoms with Crippen LogP contribution < -0.4 is 33.2 Å². The van der Waals surface area contributed by atoms with Gasteiger partial charge in [-0.05, 0) is 31.3 Å². The number of imidazole rings is 1. The molecule has 0 spiro atoms. The van der Waals surface area contributed by atoms with Crippen LogP contribution in [0.15, 0.2) is 17.5 Å². The number of hydrogen-bond donors (Lipinski definition) is 9. The Morgan fingerprint density at radius 1 is 1.03 bits per heavy atom. The summed E-state index contributed by atoms with van der Waals surface area (Å²) in [6, 6.07) is -5.15. The molecule has 0 aliphatic heterocycles. The number of carboxylic acids is 2. The summed E-state index contributed by atoms with van der Waals surface area (Å²) in [6.45, 7) is 0.145. The van der Waals surface area contributed by atoms with E-state index >= 15 is 0 Å². The van der Waals surface area contributed by atoms with Crippen LogP contribution >= 0.6 is 11.8 Å². The molecule has 0 radical (unpaired) electrons. The quantitative estimate of drug-likeness (QED) is 0.0499. The Morgan fingerprint density at radius 3 is 2.21 bits per heavy atom. The van der Waals surface area contributed by atoms with Crippen molar-refractivity contribution in [3.05, 3.63) is 18.2 Å². The first-order chi connectivity index (χ1) is 17.9. The van der Waals surface area contributed by atoms with Crippen LogP contribution in [0.2, 0.25) is 0 Å². The molecular formula is C21H35N9O7S. The number of aliphatic imine (C=N–C) groups is 1. The van der Waals surface area contributed by atoms with E-state index in [1.807, 2.05) is 6.26 Å². The van der Waals surface area contributed by atoms with Gasteiger partial charge in [0.1, 0.15) is 18.1 Å². The Morgan fingerprint density at radius 2 is 1.66 bits per heavy atom. The molecule has 1 rings (SSSR count). The van der Waals surface area contributed by atoms with Crippen molar-refractivity contribution in [1.29, 1.82) is 0 Å². The Kier molecular flexibility index (Phi) is 14.2. The van der Waals surface area contributed by atoms with Crippen molar-refractivity contribution in [2.45, 2.75) is 56.3 Å². The van der Waals surface area contributed by atoms with Crippen LogP contribution in [-0.2, 0) is 30.4 Å². The second kappa shape index (κ2) is 16.8. The van der Waals surface area contributed by atoms with E-state index in [0.29, 0.717) is 17.9 Å². The lowest BCUT2D eigenvalue weighted by atomic mass is 10.1. The number of thioether (sulfide) groups is 1. The largest absolute Gasteiger partial charge is 0.481 e. The van der Waals surface area contributed by atoms with Gasteiger partial charge in [0.05, 0.1) is 18.8 Å². The molecule has 0 saturated heterocycles. The summed E-state index contributed by atoms with van der Waals surface area (Å²) in [6.07, 6.45) is 4.22. The molecule has 1 heterocycles. The lowest BCUT2D eigenvalue weighted by Crippen LogP contribution is -2.58. The fourth-order valence-corrected chi connectivity index (χ4v) is 3.66. The number of amides is 3. The van der Waals surface area contributed by atoms with Gasteiger partial charge in [0.2, 0.25) is 17.7 Å². The van der Waals surface area contributed by atoms with Gasteiger partial charge in [-0.25, -0.2) is 9.78 Å². The van der Waals surface area contributed by atoms with Crippen molar-refractivity contribution in [1.82, 2.24) is 25.9 Å². The van der Waals surface area contributed by atoms with Crippen LogP contribution in [0.25, 0.3) is 0 Å². The predicted molar refractivity (Wildman–Crippen MR) is 139 cm³/mol. The summed E-state index contributed by atoms with van der Waals surface area (Å²) < 4.78 is 0. The number of aliphatic carboxylic acids is 2. The first-order valence-electron chi connectivity index (χ1n) is 11.6. The van der Waals surface area contributed by atoms with Gasteiger partial charge < -0.3 is 48.3 Å². The summed E-state index contributed by atoms with van der Waals surface area (Å²) in [4.78, 5) is 71.9. The van der Waals surface area contributed by atoms with Gasteiger partial charge in [0.15, 0.2) is 5.96 Å². The zero-order valence-corrected chi connectivity index (χ0v) is 21.7. The van der Waals surface area contributed by atoms with Gasteiger partial charge in [0, 0.05) is 24.9 Å². The zero-order chi connectivity index (χ0) is 28.7. The van der Waals surface area contributed by atoms with Crippen LogP contribution in [0.4, 0.5) is 0 Å². The van der Waals surface area contributed by atoms with E-state index in [4.69, 9.17) is 17.2 Å². The SMILES string of the molecule is CSCCC(N)C(=O)NC(CC(=O)O)C(=O)NC(Cc1cnc[nH]1)C(=O)NC(CCCN=C(N)N)C(=O)O. The lowest BCUT2D eigenvalue weighted by Gasteiger charge is -2.24. The van der Waals surface area contributed by atoms with Crippen LogP contribution in [-0.4, -0.2) is 98.5 Å². The van der Waals surface area contributed by atoms with Gasteiger partial charge in [-0.1, -0.05) is 0 Å². The summed E-state index contributed by atoms with van der Waals surface area (Å²) in [5.74, 6) is -4.79. The summed E-state index contributed by atoms with van der Waals surface area (Å²) in [5, 5.41) is 25.8. The van der Waals surface area contributed by atoms with E-state index < -0.39 is 60.2 Å². The lowest BCUT2D eigenvalue weighted by molar-refractivity contribution is -0.143. The number of aromatic nitrogens is 2. The highest BCUT2D eigenvalue weighted by molar-refractivity contribution is 7.98. The molecule has 0 saturated carbocycles. The monoisotopic (exact) mass is 557 g/mol. The maximum Gasteiger partial charge on any atom is 0.326 e. The maximum atomic E-state index is 13.0. The van der Waals surface area contributed by atoms with E-state index in [-0.39, 0.29) is 31.8 Å². The standard InChI is InChI=1S/C21H35N9O7S/c1-38-6-4-12(22)17(33)29-15(8-16(31)32)19(35)30-14(7-11-9-25-10-27-11)18(34)28-13(20(36)37)3-2-5-26-21(23)24/h9-10,12-15H,2-8,22H2,1H3,(H,25,27)(H,28,34)(H,29,33)(H,30,35)(H,31,32)(H,36,37)(H4,23,24,26). The number of aromatic amines is 1. The van der Waals surface area contributed by atoms with E-state index in [1.165, 1.54) is 24.3 Å². The van der Waals surface area contributed by atoms with Crippen molar-refractivity contribution in [2.75, 3.05) is 18.6 Å². The number of carbonyl (C=O) groups excluding carboxylic acids is 3. The van der Waals surface area contributed by atoms with E-state index in [9.17, 15) is 34.2 Å². The number of nitrogens with zero attached hydrogens (tertiary/aromatic N) is 2. The van der Waals surface area contributed by atoms with Gasteiger partial charge in [-0.2, -0.15) is 11.8 Å². The molecule has 0 aliphatic rings. The molecule has 0 aliphatic carbocycles. The number of nitrogens with two attached hydrogens (primary N) is 3. The van der Waals surface area contributed by atoms with Crippen molar-refractivity contribution in [3.8, 4) is 0 Å². The second-order valence-electron chi connectivity index (χ2n) is 8.24. The third-order valence-electron chi connectivity index (χ3n) is 5.15. The smallest absolute Gasteiger partial charge is 0.326 e. The predicted octanol–water partition coefficient (Wildman–Crippen LogP) is -2.90. The molecular weight excluding hydrogens is 522 g/mol. The van der Waals surface area contributed by atoms with Crippen LogP contribution in [0, 0.1) is 0 Å². The summed E-state index contributed by atoms with van der Waals surface area (Å²) in [5.41, 5.74) is 16.7. The Hall–Kier alpha value is -3.86. The second-order valence-corrected chi connectivity index (χ2v) is 9.22. The highest BCUT2D eigenvalue weighted by Gasteiger charge is 2.31. The average Bonchev–Trinajstić information content (AvgIpc) is 3.35. The molecule has 4 unspecified atom stereocenters. The third kappa shape index (κ3) is 12.4. The first kappa shape index (κ1) is 32.2. The van der Waals surface area contributed by atoms with Crippen LogP contribution in [0.1, 0.15) is 31.4 Å². The summed E-state index contributed by atoms with van der Waals surface area (Å²) >= 11 is 1.47. The number of H-pyrrole nitrogens is 1. The van der Waals surface area contributed by atoms with E-state index in [0.717, 1.165) is 0 Å². The van der Waals surface area contributed by atoms with Gasteiger partial charge in [-0.15, -0.1) is 0 Å². The number of carboxylic acid groups (broad SMARTS) is 2. The number of guanidine groups is 1. The van der Waals surface area contributed by atoms with Gasteiger partial charge in [-0.3, -0.25) is 24.2 Å². The number of nitrogens with one attached hydrogen (secondary N) is 4. The molecule has 1 aromatic heterocycles. The van der Waals surface area contributed by atoms with Crippen LogP contribution in [0.3, 0.4) is 0 Å². The highest BCUT2D eigenvalue weighted by atomic mass is 32.2. The van der Waals surface area contributed by atoms with Gasteiger partial charge >= 0.3 is 11.9 Å². The molecule has 17 heteroatoms. The molecule has 4 atom stereocenters. The van der Waals surface area contributed by atoms with E-state index in [1.54, 1.807) is 0 Å². The minimum atomic E-state index is -1.53. The van der Waals surface area contributed by atoms with Crippen molar-refractivity contribution >= 4 is 47.4 Å². The van der Waals surface area contributed by atoms with Crippen LogP contribution in [0.5, 0.6) is 0 Å². The molecule has 3 amide bonds. The number of rotatable bonds is 18. The average molecular weight is 558 g/mol. The normalized spacial score (nSPS) is 13.8. The molecule has 0 aromatic carbocycles. The fourth-order valence-electron chi connectivity index (χ4n) is 3.17. The maximum absolute atomic E-state index is 13.0. The zero-order valence-electron chi connectivity index (χ0n) is 20.9. The van der Waals surface area contributed by atoms with Crippen molar-refractivity contribution in [3.63, 3.8) is 0 Å². The minimum absolute atomic E-state index is 0.00575. The Bertz CT molecular complexity index is 970. The molecule has 0 bridgehead atoms. The molecule has 16 nitrogen and oxygen atoms in total. The minimum Gasteiger partial charge on any atom is -0.481 e. The fraction of sp³-hybridized carbons (Fsp3) is 0.571. The Balaban J connectivity index is 3.02. The number of carbonyl (C=O) groups is 5. The van der Waals surface area contributed by atoms with E-state index in [2.05, 4.69) is 30.9 Å². The molecule has 12 N–H and O–H groups in total. The molecule has 1 aromatic rings. The summed E-state index contributed by atoms with van der Waals surface area (Å²) in [7, 11) is 0. The first-order valence-corrected chi connectivity index (χ1v) is 13.0. The van der Waals surface area contributed by atoms with Gasteiger partial charge in [0.25, 0.3) is 0 Å². The highest BCUT2D eigenvalue weighted by Crippen LogP contribution is 2.06. The Labute approximate surface area is 223 Å². The third-order valence-corrected chi connectivity index (χ3v) is 5.80. The van der Waals surface area contributed by atoms with Crippen molar-refractivity contribution in [2.24, 2.45) is 22.2 Å². The topological polar surface area (TPSA) is 281 Å². The molecule has 212 valence electrons. The number of hydrogen-bond acceptors (Lipinski definition) is 9. The van der Waals surface area contributed by atoms with Crippen molar-refractivity contribution < 1.29 is 34.2 Å². The molecule has 38 heavy (non-hydrogen) atoms.